The predicted molar refractivity (Wildman–Crippen MR) is 302 cm³/mol. The maximum Gasteiger partial charge on any atom is 0.166 e. The Morgan fingerprint density at radius 2 is 0.573 bits per heavy atom. The zero-order valence-electron chi connectivity index (χ0n) is 46.6. The summed E-state index contributed by atoms with van der Waals surface area (Å²) < 4.78 is 99.4. The van der Waals surface area contributed by atoms with Gasteiger partial charge in [0, 0.05) is 36.5 Å². The van der Waals surface area contributed by atoms with Crippen LogP contribution >= 0.6 is 0 Å². The summed E-state index contributed by atoms with van der Waals surface area (Å²) in [7, 11) is 0. The van der Waals surface area contributed by atoms with E-state index in [0.717, 1.165) is 126 Å². The second-order valence-corrected chi connectivity index (χ2v) is 21.2. The van der Waals surface area contributed by atoms with Gasteiger partial charge in [0.25, 0.3) is 0 Å². The summed E-state index contributed by atoms with van der Waals surface area (Å²) >= 11 is 0. The lowest BCUT2D eigenvalue weighted by atomic mass is 9.91. The number of hydrogen-bond acceptors (Lipinski definition) is 3. The van der Waals surface area contributed by atoms with Crippen molar-refractivity contribution in [3.8, 4) is 0 Å². The summed E-state index contributed by atoms with van der Waals surface area (Å²) in [6.07, 6.45) is 45.3. The molecule has 9 heteroatoms. The number of allylic oxidation sites excluding steroid dienone is 3. The van der Waals surface area contributed by atoms with E-state index in [-0.39, 0.29) is 18.3 Å². The van der Waals surface area contributed by atoms with E-state index in [9.17, 15) is 26.3 Å². The maximum atomic E-state index is 13.9. The molecule has 3 aromatic rings. The quantitative estimate of drug-likeness (QED) is 0.0449. The highest BCUT2D eigenvalue weighted by Gasteiger charge is 2.22. The molecule has 3 nitrogen and oxygen atoms in total. The molecule has 3 atom stereocenters. The lowest BCUT2D eigenvalue weighted by molar-refractivity contribution is 0.0456. The number of benzene rings is 3. The van der Waals surface area contributed by atoms with Gasteiger partial charge in [0.2, 0.25) is 0 Å². The highest BCUT2D eigenvalue weighted by molar-refractivity contribution is 5.68. The topological polar surface area (TPSA) is 27.7 Å². The van der Waals surface area contributed by atoms with Crippen LogP contribution in [0.25, 0.3) is 16.7 Å². The van der Waals surface area contributed by atoms with Gasteiger partial charge in [0.05, 0.1) is 18.3 Å². The minimum absolute atomic E-state index is 0.226. The van der Waals surface area contributed by atoms with E-state index in [1.165, 1.54) is 141 Å². The van der Waals surface area contributed by atoms with Crippen molar-refractivity contribution in [3.63, 3.8) is 0 Å². The second kappa shape index (κ2) is 39.7. The van der Waals surface area contributed by atoms with E-state index in [2.05, 4.69) is 20.8 Å². The van der Waals surface area contributed by atoms with Crippen LogP contribution in [0.1, 0.15) is 249 Å². The van der Waals surface area contributed by atoms with Crippen molar-refractivity contribution in [2.75, 3.05) is 19.8 Å². The third-order valence-corrected chi connectivity index (χ3v) is 15.0. The van der Waals surface area contributed by atoms with Crippen LogP contribution < -0.4 is 0 Å². The number of hydrogen-bond donors (Lipinski definition) is 0. The van der Waals surface area contributed by atoms with Crippen molar-refractivity contribution in [3.05, 3.63) is 124 Å². The molecule has 0 saturated carbocycles. The first-order valence-electron chi connectivity index (χ1n) is 29.9. The van der Waals surface area contributed by atoms with Crippen LogP contribution in [0.15, 0.2) is 72.8 Å². The van der Waals surface area contributed by atoms with Crippen LogP contribution in [0, 0.1) is 34.9 Å². The van der Waals surface area contributed by atoms with Crippen LogP contribution in [-0.4, -0.2) is 38.1 Å². The van der Waals surface area contributed by atoms with Crippen molar-refractivity contribution in [1.29, 1.82) is 0 Å². The van der Waals surface area contributed by atoms with Gasteiger partial charge in [-0.1, -0.05) is 210 Å². The molecule has 0 aromatic heterocycles. The standard InChI is InChI=1S/C23H34F2O.C22H32F2O.C21H30F2O/c1-2-3-4-5-6-7-8-9-10-18-26-20-16-14-19(15-17-20)21-12-11-13-22(24)23(21)25;1-2-3-4-5-6-7-8-9-17-25-19-15-13-18(14-16-19)20-11-10-12-21(23)22(20)24;1-2-3-4-5-6-7-8-16-24-18-14-12-17(13-15-18)19-10-9-11-20(22)21(19)23/h11-14,20H,2-10,15-18H2,1H3;10-13,19H,2-9,14-17H2,1H3;9-12,18H,2-8,13-16H2,1H3. The minimum atomic E-state index is -0.772. The Kier molecular flexibility index (Phi) is 33.8. The first-order chi connectivity index (χ1) is 36.7. The summed E-state index contributed by atoms with van der Waals surface area (Å²) in [5.41, 5.74) is 3.93. The first-order valence-corrected chi connectivity index (χ1v) is 29.9. The molecule has 0 N–H and O–H groups in total. The minimum Gasteiger partial charge on any atom is -0.378 e. The molecule has 6 rings (SSSR count). The maximum absolute atomic E-state index is 13.9. The number of ether oxygens (including phenoxy) is 3. The third-order valence-electron chi connectivity index (χ3n) is 15.0. The third kappa shape index (κ3) is 25.6. The average Bonchev–Trinajstić information content (AvgIpc) is 3.43. The van der Waals surface area contributed by atoms with Crippen molar-refractivity contribution in [2.24, 2.45) is 0 Å². The second-order valence-electron chi connectivity index (χ2n) is 21.2. The van der Waals surface area contributed by atoms with Gasteiger partial charge >= 0.3 is 0 Å². The Labute approximate surface area is 450 Å². The summed E-state index contributed by atoms with van der Waals surface area (Å²) in [4.78, 5) is 0. The van der Waals surface area contributed by atoms with Gasteiger partial charge in [-0.3, -0.25) is 0 Å². The molecule has 0 bridgehead atoms. The Hall–Kier alpha value is -3.66. The van der Waals surface area contributed by atoms with E-state index >= 15 is 0 Å². The molecule has 0 amide bonds. The fourth-order valence-corrected chi connectivity index (χ4v) is 10.3. The predicted octanol–water partition coefficient (Wildman–Crippen LogP) is 21.2. The Bertz CT molecular complexity index is 2080. The first kappa shape index (κ1) is 63.9. The molecule has 3 aromatic carbocycles. The largest absolute Gasteiger partial charge is 0.378 e. The summed E-state index contributed by atoms with van der Waals surface area (Å²) in [6.45, 7) is 9.18. The lowest BCUT2D eigenvalue weighted by Crippen LogP contribution is -2.16. The summed E-state index contributed by atoms with van der Waals surface area (Å²) in [5.74, 6) is -4.50. The molecule has 0 saturated heterocycles. The highest BCUT2D eigenvalue weighted by atomic mass is 19.2. The summed E-state index contributed by atoms with van der Waals surface area (Å²) in [5, 5.41) is 0. The van der Waals surface area contributed by atoms with Gasteiger partial charge in [0.15, 0.2) is 34.9 Å². The Balaban J connectivity index is 0.000000244. The van der Waals surface area contributed by atoms with Crippen LogP contribution in [0.2, 0.25) is 0 Å². The summed E-state index contributed by atoms with van der Waals surface area (Å²) in [6, 6.07) is 13.2. The Morgan fingerprint density at radius 1 is 0.333 bits per heavy atom. The van der Waals surface area contributed by atoms with E-state index in [1.807, 2.05) is 18.2 Å². The van der Waals surface area contributed by atoms with E-state index < -0.39 is 34.9 Å². The van der Waals surface area contributed by atoms with Crippen LogP contribution in [0.5, 0.6) is 0 Å². The SMILES string of the molecule is CCCCCCCCCCCOC1CC=C(c2cccc(F)c2F)CC1.CCCCCCCCCCOC1CC=C(c2cccc(F)c2F)CC1.CCCCCCCCCOC1CC=C(c2cccc(F)c2F)CC1. The zero-order chi connectivity index (χ0) is 53.7. The number of unbranched alkanes of at least 4 members (excludes halogenated alkanes) is 21. The molecule has 0 radical (unpaired) electrons. The van der Waals surface area contributed by atoms with Crippen molar-refractivity contribution in [2.45, 2.75) is 251 Å². The molecule has 0 fully saturated rings. The van der Waals surface area contributed by atoms with Gasteiger partial charge in [-0.2, -0.15) is 0 Å². The number of rotatable bonds is 33. The molecule has 3 aliphatic carbocycles. The smallest absolute Gasteiger partial charge is 0.166 e. The van der Waals surface area contributed by atoms with Crippen molar-refractivity contribution in [1.82, 2.24) is 0 Å². The van der Waals surface area contributed by atoms with Crippen LogP contribution in [0.4, 0.5) is 26.3 Å². The molecule has 3 aliphatic rings. The lowest BCUT2D eigenvalue weighted by Gasteiger charge is -2.23. The van der Waals surface area contributed by atoms with E-state index in [4.69, 9.17) is 14.2 Å². The Morgan fingerprint density at radius 3 is 0.800 bits per heavy atom. The molecule has 0 heterocycles. The van der Waals surface area contributed by atoms with Gasteiger partial charge in [-0.05, 0) is 112 Å². The van der Waals surface area contributed by atoms with Crippen LogP contribution in [-0.2, 0) is 14.2 Å². The fourth-order valence-electron chi connectivity index (χ4n) is 10.3. The average molecular weight is 1050 g/mol. The van der Waals surface area contributed by atoms with Crippen molar-refractivity contribution >= 4 is 16.7 Å². The van der Waals surface area contributed by atoms with Gasteiger partial charge in [0.1, 0.15) is 0 Å². The van der Waals surface area contributed by atoms with Gasteiger partial charge < -0.3 is 14.2 Å². The van der Waals surface area contributed by atoms with Gasteiger partial charge in [-0.25, -0.2) is 26.3 Å². The molecular weight excluding hydrogens is 955 g/mol. The highest BCUT2D eigenvalue weighted by Crippen LogP contribution is 2.33. The molecule has 3 unspecified atom stereocenters. The number of halogens is 6. The molecular formula is C66H96F6O3. The molecule has 420 valence electrons. The van der Waals surface area contributed by atoms with Crippen molar-refractivity contribution < 1.29 is 40.6 Å². The molecule has 0 spiro atoms. The molecule has 0 aliphatic heterocycles. The monoisotopic (exact) mass is 1050 g/mol. The van der Waals surface area contributed by atoms with E-state index in [0.29, 0.717) is 16.7 Å². The van der Waals surface area contributed by atoms with E-state index in [1.54, 1.807) is 36.4 Å². The van der Waals surface area contributed by atoms with Gasteiger partial charge in [-0.15, -0.1) is 0 Å². The normalized spacial score (nSPS) is 17.6. The molecule has 75 heavy (non-hydrogen) atoms. The zero-order valence-corrected chi connectivity index (χ0v) is 46.6. The van der Waals surface area contributed by atoms with Crippen LogP contribution in [0.3, 0.4) is 0 Å². The fraction of sp³-hybridized carbons (Fsp3) is 0.636.